The lowest BCUT2D eigenvalue weighted by Crippen LogP contribution is -2.49. The molecule has 3 heterocycles. The molecule has 2 fully saturated rings. The lowest BCUT2D eigenvalue weighted by atomic mass is 9.96. The average Bonchev–Trinajstić information content (AvgIpc) is 3.09. The molecule has 0 unspecified atom stereocenters. The van der Waals surface area contributed by atoms with Crippen LogP contribution < -0.4 is 20.3 Å². The van der Waals surface area contributed by atoms with Gasteiger partial charge in [0, 0.05) is 50.4 Å². The minimum Gasteiger partial charge on any atom is -0.490 e. The van der Waals surface area contributed by atoms with Gasteiger partial charge in [0.25, 0.3) is 5.91 Å². The van der Waals surface area contributed by atoms with E-state index in [2.05, 4.69) is 37.8 Å². The zero-order valence-electron chi connectivity index (χ0n) is 17.8. The van der Waals surface area contributed by atoms with Gasteiger partial charge >= 0.3 is 0 Å². The van der Waals surface area contributed by atoms with E-state index in [0.29, 0.717) is 23.2 Å². The monoisotopic (exact) mass is 421 g/mol. The largest absolute Gasteiger partial charge is 0.490 e. The number of nitrogens with zero attached hydrogens (tertiary/aromatic N) is 5. The van der Waals surface area contributed by atoms with Gasteiger partial charge in [0.2, 0.25) is 0 Å². The third kappa shape index (κ3) is 4.18. The molecule has 162 valence electrons. The van der Waals surface area contributed by atoms with Crippen molar-refractivity contribution >= 4 is 28.4 Å². The predicted octanol–water partition coefficient (Wildman–Crippen LogP) is 2.34. The van der Waals surface area contributed by atoms with Crippen LogP contribution >= 0.6 is 0 Å². The lowest BCUT2D eigenvalue weighted by molar-refractivity contribution is 0.0992. The Morgan fingerprint density at radius 2 is 2.13 bits per heavy atom. The molecule has 2 aromatic heterocycles. The van der Waals surface area contributed by atoms with Gasteiger partial charge in [0.05, 0.1) is 17.2 Å². The molecule has 2 aliphatic rings. The van der Waals surface area contributed by atoms with Crippen LogP contribution in [0.15, 0.2) is 30.5 Å². The molecule has 1 aliphatic heterocycles. The number of hydrogen-bond donors (Lipinski definition) is 2. The topological polar surface area (TPSA) is 97.2 Å². The van der Waals surface area contributed by atoms with E-state index < -0.39 is 0 Å². The maximum absolute atomic E-state index is 13.1. The first-order valence-electron chi connectivity index (χ1n) is 10.8. The number of piperazine rings is 1. The molecular formula is C22H27N7O2. The molecule has 1 saturated carbocycles. The van der Waals surface area contributed by atoms with Crippen LogP contribution in [0.3, 0.4) is 0 Å². The molecule has 1 atom stereocenters. The number of rotatable bonds is 5. The van der Waals surface area contributed by atoms with Crippen molar-refractivity contribution in [1.29, 1.82) is 0 Å². The van der Waals surface area contributed by atoms with Gasteiger partial charge in [-0.2, -0.15) is 5.10 Å². The molecule has 3 aromatic rings. The first kappa shape index (κ1) is 19.7. The van der Waals surface area contributed by atoms with E-state index >= 15 is 0 Å². The van der Waals surface area contributed by atoms with Gasteiger partial charge in [-0.3, -0.25) is 9.48 Å². The van der Waals surface area contributed by atoms with Crippen LogP contribution in [0.4, 0.5) is 11.6 Å². The molecule has 1 aromatic carbocycles. The van der Waals surface area contributed by atoms with Crippen LogP contribution in [0.1, 0.15) is 36.5 Å². The van der Waals surface area contributed by atoms with Crippen LogP contribution in [0.5, 0.6) is 5.75 Å². The van der Waals surface area contributed by atoms with Crippen molar-refractivity contribution in [2.45, 2.75) is 38.3 Å². The van der Waals surface area contributed by atoms with Crippen molar-refractivity contribution in [2.75, 3.05) is 29.9 Å². The first-order chi connectivity index (χ1) is 15.0. The van der Waals surface area contributed by atoms with Crippen LogP contribution in [0.2, 0.25) is 0 Å². The summed E-state index contributed by atoms with van der Waals surface area (Å²) in [7, 11) is 1.86. The number of fused-ring (bicyclic) bond motifs is 1. The Morgan fingerprint density at radius 3 is 2.84 bits per heavy atom. The van der Waals surface area contributed by atoms with Gasteiger partial charge in [0.15, 0.2) is 11.6 Å². The van der Waals surface area contributed by atoms with Crippen molar-refractivity contribution < 1.29 is 9.53 Å². The van der Waals surface area contributed by atoms with Crippen molar-refractivity contribution in [1.82, 2.24) is 25.3 Å². The number of anilines is 2. The molecule has 0 spiro atoms. The number of benzene rings is 1. The number of nitrogens with one attached hydrogen (secondary N) is 2. The molecule has 0 bridgehead atoms. The number of carbonyl (C=O) groups is 1. The minimum absolute atomic E-state index is 0.160. The Labute approximate surface area is 180 Å². The SMILES string of the molecule is C[C@H]1CN(c2ccc(NC(=O)c3cc4cn(C)nc4cc3OC3CCC3)nn2)CCN1. The number of aromatic nitrogens is 4. The molecule has 1 aliphatic carbocycles. The zero-order valence-corrected chi connectivity index (χ0v) is 17.8. The summed E-state index contributed by atoms with van der Waals surface area (Å²) in [6.45, 7) is 4.84. The molecule has 31 heavy (non-hydrogen) atoms. The van der Waals surface area contributed by atoms with E-state index in [1.54, 1.807) is 10.7 Å². The normalized spacial score (nSPS) is 19.3. The molecule has 2 N–H and O–H groups in total. The smallest absolute Gasteiger partial charge is 0.260 e. The van der Waals surface area contributed by atoms with Crippen molar-refractivity contribution in [2.24, 2.45) is 7.05 Å². The fraction of sp³-hybridized carbons (Fsp3) is 0.455. The summed E-state index contributed by atoms with van der Waals surface area (Å²) in [5.41, 5.74) is 1.29. The van der Waals surface area contributed by atoms with Crippen molar-refractivity contribution in [3.8, 4) is 5.75 Å². The third-order valence-corrected chi connectivity index (χ3v) is 5.90. The highest BCUT2D eigenvalue weighted by Gasteiger charge is 2.24. The molecule has 5 rings (SSSR count). The van der Waals surface area contributed by atoms with Gasteiger partial charge < -0.3 is 20.3 Å². The van der Waals surface area contributed by atoms with Gasteiger partial charge in [-0.25, -0.2) is 0 Å². The fourth-order valence-electron chi connectivity index (χ4n) is 4.00. The summed E-state index contributed by atoms with van der Waals surface area (Å²) < 4.78 is 7.84. The number of carbonyl (C=O) groups excluding carboxylic acids is 1. The van der Waals surface area contributed by atoms with Crippen LogP contribution in [-0.4, -0.2) is 57.7 Å². The fourth-order valence-corrected chi connectivity index (χ4v) is 4.00. The Hall–Kier alpha value is -3.20. The number of hydrogen-bond acceptors (Lipinski definition) is 7. The first-order valence-corrected chi connectivity index (χ1v) is 10.8. The summed E-state index contributed by atoms with van der Waals surface area (Å²) in [4.78, 5) is 15.3. The Kier molecular flexibility index (Phi) is 5.19. The second-order valence-corrected chi connectivity index (χ2v) is 8.41. The Morgan fingerprint density at radius 1 is 1.26 bits per heavy atom. The standard InChI is InChI=1S/C22H27N7O2/c1-14-12-29(9-8-23-14)21-7-6-20(25-26-21)24-22(30)17-10-15-13-28(2)27-18(15)11-19(17)31-16-4-3-5-16/h6-7,10-11,13-14,16,23H,3-5,8-9,12H2,1-2H3,(H,24,25,30)/t14-/m0/s1. The second-order valence-electron chi connectivity index (χ2n) is 8.41. The highest BCUT2D eigenvalue weighted by molar-refractivity contribution is 6.08. The van der Waals surface area contributed by atoms with Crippen molar-refractivity contribution in [3.05, 3.63) is 36.0 Å². The van der Waals surface area contributed by atoms with Crippen LogP contribution in [-0.2, 0) is 7.05 Å². The summed E-state index contributed by atoms with van der Waals surface area (Å²) in [6, 6.07) is 7.78. The van der Waals surface area contributed by atoms with Crippen molar-refractivity contribution in [3.63, 3.8) is 0 Å². The lowest BCUT2D eigenvalue weighted by Gasteiger charge is -2.32. The van der Waals surface area contributed by atoms with E-state index in [-0.39, 0.29) is 12.0 Å². The third-order valence-electron chi connectivity index (χ3n) is 5.90. The molecular weight excluding hydrogens is 394 g/mol. The van der Waals surface area contributed by atoms with E-state index in [9.17, 15) is 4.79 Å². The number of aryl methyl sites for hydroxylation is 1. The summed E-state index contributed by atoms with van der Waals surface area (Å²) >= 11 is 0. The quantitative estimate of drug-likeness (QED) is 0.653. The highest BCUT2D eigenvalue weighted by atomic mass is 16.5. The van der Waals surface area contributed by atoms with Crippen LogP contribution in [0, 0.1) is 0 Å². The molecule has 1 saturated heterocycles. The van der Waals surface area contributed by atoms with Gasteiger partial charge in [-0.05, 0) is 44.4 Å². The van der Waals surface area contributed by atoms with Gasteiger partial charge in [0.1, 0.15) is 5.75 Å². The van der Waals surface area contributed by atoms with E-state index in [4.69, 9.17) is 4.74 Å². The zero-order chi connectivity index (χ0) is 21.4. The van der Waals surface area contributed by atoms with E-state index in [1.165, 1.54) is 0 Å². The van der Waals surface area contributed by atoms with E-state index in [0.717, 1.165) is 55.6 Å². The second kappa shape index (κ2) is 8.14. The molecule has 9 nitrogen and oxygen atoms in total. The van der Waals surface area contributed by atoms with Gasteiger partial charge in [-0.15, -0.1) is 10.2 Å². The Balaban J connectivity index is 1.36. The minimum atomic E-state index is -0.266. The van der Waals surface area contributed by atoms with Crippen LogP contribution in [0.25, 0.3) is 10.9 Å². The molecule has 0 radical (unpaired) electrons. The summed E-state index contributed by atoms with van der Waals surface area (Å²) in [6.07, 6.45) is 5.24. The summed E-state index contributed by atoms with van der Waals surface area (Å²) in [5.74, 6) is 1.53. The average molecular weight is 422 g/mol. The summed E-state index contributed by atoms with van der Waals surface area (Å²) in [5, 5.41) is 20.2. The molecule has 1 amide bonds. The Bertz CT molecular complexity index is 1090. The molecule has 9 heteroatoms. The predicted molar refractivity (Wildman–Crippen MR) is 119 cm³/mol. The number of ether oxygens (including phenoxy) is 1. The number of amides is 1. The maximum Gasteiger partial charge on any atom is 0.260 e. The van der Waals surface area contributed by atoms with E-state index in [1.807, 2.05) is 31.4 Å². The maximum atomic E-state index is 13.1. The highest BCUT2D eigenvalue weighted by Crippen LogP contribution is 2.31. The van der Waals surface area contributed by atoms with Gasteiger partial charge in [-0.1, -0.05) is 0 Å².